The molecule has 0 saturated heterocycles. The lowest BCUT2D eigenvalue weighted by molar-refractivity contribution is -0.161. The second-order valence-corrected chi connectivity index (χ2v) is 10.9. The van der Waals surface area contributed by atoms with Crippen LogP contribution in [0.5, 0.6) is 11.5 Å². The number of amides is 1. The van der Waals surface area contributed by atoms with Crippen LogP contribution in [0.15, 0.2) is 26.5 Å². The molecule has 0 radical (unpaired) electrons. The van der Waals surface area contributed by atoms with Gasteiger partial charge in [-0.1, -0.05) is 0 Å². The van der Waals surface area contributed by atoms with Gasteiger partial charge in [-0.25, -0.2) is 0 Å². The van der Waals surface area contributed by atoms with Crippen molar-refractivity contribution in [2.75, 3.05) is 7.11 Å². The van der Waals surface area contributed by atoms with Crippen molar-refractivity contribution in [2.24, 2.45) is 33.9 Å². The first-order valence-electron chi connectivity index (χ1n) is 10.2. The molecular formula is C22H23BrN2O4S. The number of halogens is 1. The third kappa shape index (κ3) is 3.47. The maximum Gasteiger partial charge on any atom is 0.317 e. The molecule has 0 atom stereocenters. The molecule has 1 amide bonds. The highest BCUT2D eigenvalue weighted by atomic mass is 79.9. The number of aliphatic imine (C=N–C) groups is 1. The Morgan fingerprint density at radius 1 is 1.23 bits per heavy atom. The number of carbonyl (C=O) groups excluding carboxylic acids is 2. The summed E-state index contributed by atoms with van der Waals surface area (Å²) in [7, 11) is 1.54. The van der Waals surface area contributed by atoms with Gasteiger partial charge in [-0.15, -0.1) is 0 Å². The van der Waals surface area contributed by atoms with Crippen LogP contribution < -0.4 is 15.2 Å². The predicted molar refractivity (Wildman–Crippen MR) is 119 cm³/mol. The highest BCUT2D eigenvalue weighted by molar-refractivity contribution is 9.10. The van der Waals surface area contributed by atoms with Crippen molar-refractivity contribution in [3.8, 4) is 11.5 Å². The lowest BCUT2D eigenvalue weighted by atomic mass is 9.49. The molecule has 4 aliphatic carbocycles. The van der Waals surface area contributed by atoms with Crippen LogP contribution in [0.1, 0.15) is 44.1 Å². The maximum atomic E-state index is 13.3. The fourth-order valence-corrected chi connectivity index (χ4v) is 7.28. The van der Waals surface area contributed by atoms with Gasteiger partial charge in [0.1, 0.15) is 0 Å². The second-order valence-electron chi connectivity index (χ2n) is 8.99. The molecule has 158 valence electrons. The predicted octanol–water partition coefficient (Wildman–Crippen LogP) is 4.51. The molecule has 8 heteroatoms. The highest BCUT2D eigenvalue weighted by Gasteiger charge is 2.55. The average molecular weight is 491 g/mol. The van der Waals surface area contributed by atoms with E-state index in [0.29, 0.717) is 38.6 Å². The molecule has 1 aromatic rings. The normalized spacial score (nSPS) is 33.1. The molecule has 6 rings (SSSR count). The molecule has 5 aliphatic rings. The first kappa shape index (κ1) is 20.1. The number of rotatable bonds is 4. The standard InChI is InChI=1S/C22H23BrN2O4S/c1-28-16-6-11(7-17-19(26)25-21(24)30-17)5-15(23)18(16)29-20(27)22-8-12-2-13(9-22)4-14(3-12)10-22/h5-7,12-14H,2-4,8-10H2,1H3,(H2,24,25,26). The molecule has 4 fully saturated rings. The van der Waals surface area contributed by atoms with Crippen molar-refractivity contribution >= 4 is 50.8 Å². The van der Waals surface area contributed by atoms with Crippen molar-refractivity contribution in [2.45, 2.75) is 38.5 Å². The van der Waals surface area contributed by atoms with Gasteiger partial charge >= 0.3 is 5.97 Å². The molecule has 0 spiro atoms. The Morgan fingerprint density at radius 3 is 2.40 bits per heavy atom. The van der Waals surface area contributed by atoms with Crippen LogP contribution in [0, 0.1) is 23.2 Å². The number of amidine groups is 1. The van der Waals surface area contributed by atoms with Gasteiger partial charge in [0, 0.05) is 0 Å². The summed E-state index contributed by atoms with van der Waals surface area (Å²) in [5.41, 5.74) is 6.00. The molecule has 1 heterocycles. The zero-order valence-electron chi connectivity index (χ0n) is 16.7. The lowest BCUT2D eigenvalue weighted by Gasteiger charge is -2.55. The van der Waals surface area contributed by atoms with Crippen molar-refractivity contribution < 1.29 is 19.1 Å². The third-order valence-electron chi connectivity index (χ3n) is 6.85. The van der Waals surface area contributed by atoms with E-state index >= 15 is 0 Å². The third-order valence-corrected chi connectivity index (χ3v) is 8.25. The number of nitrogens with zero attached hydrogens (tertiary/aromatic N) is 1. The fourth-order valence-electron chi connectivity index (χ4n) is 6.06. The Labute approximate surface area is 187 Å². The number of esters is 1. The smallest absolute Gasteiger partial charge is 0.317 e. The van der Waals surface area contributed by atoms with Crippen molar-refractivity contribution in [3.63, 3.8) is 0 Å². The monoisotopic (exact) mass is 490 g/mol. The van der Waals surface area contributed by atoms with Crippen LogP contribution >= 0.6 is 27.7 Å². The highest BCUT2D eigenvalue weighted by Crippen LogP contribution is 2.60. The number of hydrogen-bond donors (Lipinski definition) is 1. The number of methoxy groups -OCH3 is 1. The van der Waals surface area contributed by atoms with Crippen molar-refractivity contribution in [3.05, 3.63) is 27.1 Å². The van der Waals surface area contributed by atoms with E-state index in [4.69, 9.17) is 15.2 Å². The van der Waals surface area contributed by atoms with Gasteiger partial charge in [0.25, 0.3) is 5.91 Å². The Bertz CT molecular complexity index is 968. The average Bonchev–Trinajstić information content (AvgIpc) is 2.99. The molecule has 2 N–H and O–H groups in total. The number of carbonyl (C=O) groups is 2. The molecule has 1 aliphatic heterocycles. The van der Waals surface area contributed by atoms with Crippen LogP contribution in [-0.2, 0) is 9.59 Å². The Morgan fingerprint density at radius 2 is 1.87 bits per heavy atom. The van der Waals surface area contributed by atoms with E-state index < -0.39 is 0 Å². The fraction of sp³-hybridized carbons (Fsp3) is 0.500. The van der Waals surface area contributed by atoms with E-state index in [1.165, 1.54) is 26.4 Å². The van der Waals surface area contributed by atoms with Gasteiger partial charge in [-0.3, -0.25) is 9.59 Å². The summed E-state index contributed by atoms with van der Waals surface area (Å²) in [6.07, 6.45) is 8.36. The summed E-state index contributed by atoms with van der Waals surface area (Å²) in [6.45, 7) is 0. The molecule has 30 heavy (non-hydrogen) atoms. The number of ether oxygens (including phenoxy) is 2. The van der Waals surface area contributed by atoms with Crippen LogP contribution in [0.3, 0.4) is 0 Å². The number of benzene rings is 1. The van der Waals surface area contributed by atoms with E-state index in [1.807, 2.05) is 0 Å². The quantitative estimate of drug-likeness (QED) is 0.379. The molecule has 4 saturated carbocycles. The number of thioether (sulfide) groups is 1. The van der Waals surface area contributed by atoms with Gasteiger partial charge in [0.2, 0.25) is 0 Å². The van der Waals surface area contributed by atoms with Crippen LogP contribution in [-0.4, -0.2) is 24.2 Å². The summed E-state index contributed by atoms with van der Waals surface area (Å²) >= 11 is 4.65. The maximum absolute atomic E-state index is 13.3. The van der Waals surface area contributed by atoms with Crippen molar-refractivity contribution in [1.82, 2.24) is 0 Å². The van der Waals surface area contributed by atoms with Gasteiger partial charge in [0.05, 0.1) is 21.9 Å². The Kier molecular flexibility index (Phi) is 4.97. The van der Waals surface area contributed by atoms with Gasteiger partial charge < -0.3 is 15.2 Å². The molecule has 1 aromatic carbocycles. The Hall–Kier alpha value is -1.80. The molecular weight excluding hydrogens is 468 g/mol. The lowest BCUT2D eigenvalue weighted by Crippen LogP contribution is -2.51. The van der Waals surface area contributed by atoms with E-state index in [-0.39, 0.29) is 22.5 Å². The largest absolute Gasteiger partial charge is 0.493 e. The first-order valence-corrected chi connectivity index (χ1v) is 11.8. The minimum absolute atomic E-state index is 0.130. The summed E-state index contributed by atoms with van der Waals surface area (Å²) in [6, 6.07) is 3.56. The topological polar surface area (TPSA) is 91.0 Å². The summed E-state index contributed by atoms with van der Waals surface area (Å²) in [5.74, 6) is 2.34. The minimum atomic E-state index is -0.357. The summed E-state index contributed by atoms with van der Waals surface area (Å²) in [5, 5.41) is 0.235. The van der Waals surface area contributed by atoms with Gasteiger partial charge in [0.15, 0.2) is 16.7 Å². The van der Waals surface area contributed by atoms with Crippen LogP contribution in [0.2, 0.25) is 0 Å². The Balaban J connectivity index is 1.40. The molecule has 0 unspecified atom stereocenters. The van der Waals surface area contributed by atoms with Crippen molar-refractivity contribution in [1.29, 1.82) is 0 Å². The first-order chi connectivity index (χ1) is 14.3. The van der Waals surface area contributed by atoms with E-state index in [1.54, 1.807) is 18.2 Å². The number of nitrogens with two attached hydrogens (primary N) is 1. The number of hydrogen-bond acceptors (Lipinski definition) is 6. The minimum Gasteiger partial charge on any atom is -0.493 e. The van der Waals surface area contributed by atoms with Crippen LogP contribution in [0.4, 0.5) is 0 Å². The van der Waals surface area contributed by atoms with Crippen LogP contribution in [0.25, 0.3) is 6.08 Å². The zero-order chi connectivity index (χ0) is 21.0. The van der Waals surface area contributed by atoms with E-state index in [0.717, 1.165) is 36.6 Å². The van der Waals surface area contributed by atoms with E-state index in [2.05, 4.69) is 20.9 Å². The zero-order valence-corrected chi connectivity index (χ0v) is 19.1. The summed E-state index contributed by atoms with van der Waals surface area (Å²) in [4.78, 5) is 29.4. The SMILES string of the molecule is COc1cc(C=C2SC(N)=NC2=O)cc(Br)c1OC(=O)C12CC3CC(CC(C3)C1)C2. The molecule has 0 aromatic heterocycles. The van der Waals surface area contributed by atoms with E-state index in [9.17, 15) is 9.59 Å². The second kappa shape index (κ2) is 7.41. The molecule has 6 nitrogen and oxygen atoms in total. The molecule has 4 bridgehead atoms. The summed E-state index contributed by atoms with van der Waals surface area (Å²) < 4.78 is 12.1. The van der Waals surface area contributed by atoms with Gasteiger partial charge in [-0.05, 0) is 108 Å². The van der Waals surface area contributed by atoms with Gasteiger partial charge in [-0.2, -0.15) is 4.99 Å².